The first-order valence-electron chi connectivity index (χ1n) is 4.11. The summed E-state index contributed by atoms with van der Waals surface area (Å²) in [4.78, 5) is 0. The molecule has 0 aliphatic carbocycles. The molecule has 0 spiro atoms. The fraction of sp³-hybridized carbons (Fsp3) is 1.00. The van der Waals surface area contributed by atoms with E-state index in [0.29, 0.717) is 0 Å². The average molecular weight is 254 g/mol. The number of hydrogen-bond donors (Lipinski definition) is 0. The van der Waals surface area contributed by atoms with Crippen LogP contribution in [0.2, 0.25) is 0 Å². The molecule has 4 unspecified atom stereocenters. The SMILES string of the molecule is CCS(=O)(=O)C(F)C(F)C(F)C(F)CF. The summed E-state index contributed by atoms with van der Waals surface area (Å²) >= 11 is 0. The fourth-order valence-electron chi connectivity index (χ4n) is 0.786. The third-order valence-electron chi connectivity index (χ3n) is 1.79. The van der Waals surface area contributed by atoms with Crippen LogP contribution in [0, 0.1) is 0 Å². The minimum absolute atomic E-state index is 0.742. The van der Waals surface area contributed by atoms with Gasteiger partial charge in [-0.15, -0.1) is 0 Å². The summed E-state index contributed by atoms with van der Waals surface area (Å²) in [5.74, 6) is -0.742. The Hall–Kier alpha value is -0.400. The lowest BCUT2D eigenvalue weighted by atomic mass is 10.2. The molecule has 0 saturated heterocycles. The molecule has 92 valence electrons. The van der Waals surface area contributed by atoms with Gasteiger partial charge in [-0.25, -0.2) is 30.4 Å². The van der Waals surface area contributed by atoms with Crippen LogP contribution in [0.3, 0.4) is 0 Å². The van der Waals surface area contributed by atoms with Crippen LogP contribution in [0.1, 0.15) is 6.92 Å². The molecule has 0 aromatic heterocycles. The second-order valence-corrected chi connectivity index (χ2v) is 5.22. The third kappa shape index (κ3) is 3.58. The highest BCUT2D eigenvalue weighted by molar-refractivity contribution is 7.91. The van der Waals surface area contributed by atoms with Crippen LogP contribution in [0.5, 0.6) is 0 Å². The lowest BCUT2D eigenvalue weighted by molar-refractivity contribution is 0.0448. The zero-order chi connectivity index (χ0) is 12.2. The Balaban J connectivity index is 4.65. The highest BCUT2D eigenvalue weighted by Crippen LogP contribution is 2.21. The van der Waals surface area contributed by atoms with E-state index in [-0.39, 0.29) is 0 Å². The van der Waals surface area contributed by atoms with E-state index in [9.17, 15) is 30.4 Å². The Labute approximate surface area is 84.4 Å². The molecule has 0 aliphatic heterocycles. The molecule has 0 fully saturated rings. The molecular weight excluding hydrogens is 243 g/mol. The lowest BCUT2D eigenvalue weighted by Gasteiger charge is -2.18. The number of sulfone groups is 1. The maximum atomic E-state index is 12.8. The van der Waals surface area contributed by atoms with Crippen LogP contribution in [-0.2, 0) is 9.84 Å². The number of alkyl halides is 5. The summed E-state index contributed by atoms with van der Waals surface area (Å²) in [7, 11) is -4.45. The van der Waals surface area contributed by atoms with Gasteiger partial charge in [-0.3, -0.25) is 0 Å². The Morgan fingerprint density at radius 1 is 1.07 bits per heavy atom. The lowest BCUT2D eigenvalue weighted by Crippen LogP contribution is -2.40. The zero-order valence-corrected chi connectivity index (χ0v) is 8.65. The highest BCUT2D eigenvalue weighted by Gasteiger charge is 2.42. The second kappa shape index (κ2) is 5.62. The maximum Gasteiger partial charge on any atom is 0.234 e. The summed E-state index contributed by atoms with van der Waals surface area (Å²) in [5.41, 5.74) is -3.16. The van der Waals surface area contributed by atoms with Crippen LogP contribution in [-0.4, -0.2) is 44.9 Å². The number of rotatable bonds is 6. The summed E-state index contributed by atoms with van der Waals surface area (Å²) in [6, 6.07) is 0. The normalized spacial score (nSPS) is 20.7. The van der Waals surface area contributed by atoms with Gasteiger partial charge in [0.25, 0.3) is 0 Å². The van der Waals surface area contributed by atoms with Crippen molar-refractivity contribution in [1.82, 2.24) is 0 Å². The first-order chi connectivity index (χ1) is 6.77. The van der Waals surface area contributed by atoms with Crippen molar-refractivity contribution in [2.45, 2.75) is 30.9 Å². The number of halogens is 5. The van der Waals surface area contributed by atoms with Gasteiger partial charge in [0, 0.05) is 0 Å². The average Bonchev–Trinajstić information content (AvgIpc) is 2.24. The first kappa shape index (κ1) is 14.6. The summed E-state index contributed by atoms with van der Waals surface area (Å²) in [6.07, 6.45) is -9.18. The van der Waals surface area contributed by atoms with Gasteiger partial charge in [0.1, 0.15) is 6.67 Å². The molecule has 2 nitrogen and oxygen atoms in total. The van der Waals surface area contributed by atoms with Crippen molar-refractivity contribution >= 4 is 9.84 Å². The van der Waals surface area contributed by atoms with Crippen molar-refractivity contribution in [1.29, 1.82) is 0 Å². The molecule has 15 heavy (non-hydrogen) atoms. The van der Waals surface area contributed by atoms with Crippen molar-refractivity contribution in [2.24, 2.45) is 0 Å². The molecule has 0 saturated carbocycles. The number of hydrogen-bond acceptors (Lipinski definition) is 2. The molecule has 0 aliphatic rings. The van der Waals surface area contributed by atoms with E-state index in [1.807, 2.05) is 0 Å². The van der Waals surface area contributed by atoms with Gasteiger partial charge in [-0.2, -0.15) is 0 Å². The van der Waals surface area contributed by atoms with Gasteiger partial charge in [0.2, 0.25) is 5.50 Å². The van der Waals surface area contributed by atoms with E-state index in [1.54, 1.807) is 0 Å². The molecule has 0 radical (unpaired) electrons. The van der Waals surface area contributed by atoms with E-state index in [0.717, 1.165) is 6.92 Å². The van der Waals surface area contributed by atoms with Crippen molar-refractivity contribution in [2.75, 3.05) is 12.4 Å². The van der Waals surface area contributed by atoms with Crippen molar-refractivity contribution < 1.29 is 30.4 Å². The van der Waals surface area contributed by atoms with Gasteiger partial charge in [-0.05, 0) is 0 Å². The molecule has 0 heterocycles. The van der Waals surface area contributed by atoms with Crippen LogP contribution in [0.25, 0.3) is 0 Å². The largest absolute Gasteiger partial charge is 0.248 e. The molecule has 0 rings (SSSR count). The summed E-state index contributed by atoms with van der Waals surface area (Å²) in [6.45, 7) is -0.801. The van der Waals surface area contributed by atoms with Crippen LogP contribution in [0.4, 0.5) is 22.0 Å². The van der Waals surface area contributed by atoms with Crippen molar-refractivity contribution in [3.05, 3.63) is 0 Å². The van der Waals surface area contributed by atoms with Crippen molar-refractivity contribution in [3.8, 4) is 0 Å². The van der Waals surface area contributed by atoms with E-state index in [1.165, 1.54) is 0 Å². The molecule has 0 bridgehead atoms. The van der Waals surface area contributed by atoms with Gasteiger partial charge >= 0.3 is 0 Å². The fourth-order valence-corrected chi connectivity index (χ4v) is 1.65. The molecule has 0 N–H and O–H groups in total. The predicted molar refractivity (Wildman–Crippen MR) is 45.0 cm³/mol. The smallest absolute Gasteiger partial charge is 0.234 e. The van der Waals surface area contributed by atoms with Crippen LogP contribution in [0.15, 0.2) is 0 Å². The molecule has 4 atom stereocenters. The molecule has 0 amide bonds. The second-order valence-electron chi connectivity index (χ2n) is 2.86. The summed E-state index contributed by atoms with van der Waals surface area (Å²) in [5, 5.41) is 0. The van der Waals surface area contributed by atoms with E-state index < -0.39 is 46.3 Å². The Morgan fingerprint density at radius 3 is 1.87 bits per heavy atom. The molecular formula is C7H11F5O2S. The quantitative estimate of drug-likeness (QED) is 0.676. The van der Waals surface area contributed by atoms with Gasteiger partial charge in [0.15, 0.2) is 28.4 Å². The van der Waals surface area contributed by atoms with E-state index >= 15 is 0 Å². The Kier molecular flexibility index (Phi) is 5.47. The predicted octanol–water partition coefficient (Wildman–Crippen LogP) is 1.70. The Morgan fingerprint density at radius 2 is 1.53 bits per heavy atom. The van der Waals surface area contributed by atoms with Gasteiger partial charge in [-0.1, -0.05) is 6.92 Å². The van der Waals surface area contributed by atoms with Gasteiger partial charge < -0.3 is 0 Å². The van der Waals surface area contributed by atoms with Gasteiger partial charge in [0.05, 0.1) is 5.75 Å². The van der Waals surface area contributed by atoms with E-state index in [4.69, 9.17) is 0 Å². The minimum Gasteiger partial charge on any atom is -0.248 e. The molecule has 0 aromatic rings. The van der Waals surface area contributed by atoms with Crippen molar-refractivity contribution in [3.63, 3.8) is 0 Å². The topological polar surface area (TPSA) is 34.1 Å². The minimum atomic E-state index is -4.45. The summed E-state index contributed by atoms with van der Waals surface area (Å²) < 4.78 is 83.6. The Bertz CT molecular complexity index is 281. The van der Waals surface area contributed by atoms with Crippen LogP contribution < -0.4 is 0 Å². The maximum absolute atomic E-state index is 12.8. The molecule has 0 aromatic carbocycles. The first-order valence-corrected chi connectivity index (χ1v) is 5.83. The van der Waals surface area contributed by atoms with Crippen LogP contribution >= 0.6 is 0 Å². The highest BCUT2D eigenvalue weighted by atomic mass is 32.2. The third-order valence-corrected chi connectivity index (χ3v) is 3.54. The molecule has 8 heteroatoms. The monoisotopic (exact) mass is 254 g/mol. The zero-order valence-electron chi connectivity index (χ0n) is 7.84. The standard InChI is InChI=1S/C7H11F5O2S/c1-2-15(13,14)7(12)6(11)5(10)4(9)3-8/h4-7H,2-3H2,1H3. The van der Waals surface area contributed by atoms with E-state index in [2.05, 4.69) is 0 Å².